The average Bonchev–Trinajstić information content (AvgIpc) is 1.99. The van der Waals surface area contributed by atoms with E-state index in [4.69, 9.17) is 14.2 Å². The Kier molecular flexibility index (Phi) is 5.38. The zero-order chi connectivity index (χ0) is 12.8. The number of phenols is 1. The van der Waals surface area contributed by atoms with Gasteiger partial charge in [0.25, 0.3) is 20.2 Å². The Morgan fingerprint density at radius 1 is 0.875 bits per heavy atom. The van der Waals surface area contributed by atoms with E-state index in [0.717, 1.165) is 0 Å². The van der Waals surface area contributed by atoms with Crippen LogP contribution in [0, 0.1) is 0 Å². The number of aromatic hydroxyl groups is 1. The monoisotopic (exact) mass is 270 g/mol. The summed E-state index contributed by atoms with van der Waals surface area (Å²) in [5.41, 5.74) is 0. The number of hydrogen-bond donors (Lipinski definition) is 3. The minimum atomic E-state index is -4.62. The molecule has 0 aromatic heterocycles. The van der Waals surface area contributed by atoms with Gasteiger partial charge in [-0.05, 0) is 12.1 Å². The van der Waals surface area contributed by atoms with Crippen LogP contribution in [-0.4, -0.2) is 36.1 Å². The lowest BCUT2D eigenvalue weighted by Gasteiger charge is -1.89. The Bertz CT molecular complexity index is 473. The maximum atomic E-state index is 9.66. The molecule has 0 aliphatic heterocycles. The van der Waals surface area contributed by atoms with E-state index in [1.54, 1.807) is 24.3 Å². The number of rotatable bonds is 2. The molecule has 0 saturated carbocycles. The normalized spacial score (nSPS) is 11.4. The molecule has 9 heteroatoms. The van der Waals surface area contributed by atoms with Crippen LogP contribution >= 0.6 is 0 Å². The summed E-state index contributed by atoms with van der Waals surface area (Å²) in [5, 5.41) is 6.98. The van der Waals surface area contributed by atoms with Crippen LogP contribution < -0.4 is 0 Å². The molecule has 0 spiro atoms. The van der Waals surface area contributed by atoms with Gasteiger partial charge in [0.15, 0.2) is 0 Å². The maximum absolute atomic E-state index is 9.66. The molecule has 16 heavy (non-hydrogen) atoms. The van der Waals surface area contributed by atoms with E-state index in [0.29, 0.717) is 5.75 Å². The molecule has 0 aliphatic carbocycles. The Labute approximate surface area is 92.9 Å². The number of hydrogen-bond acceptors (Lipinski definition) is 5. The predicted octanol–water partition coefficient (Wildman–Crippen LogP) is 0.112. The summed E-state index contributed by atoms with van der Waals surface area (Å²) in [5.74, 6) is 0.322. The van der Waals surface area contributed by atoms with E-state index >= 15 is 0 Å². The summed E-state index contributed by atoms with van der Waals surface area (Å²) < 4.78 is 54.2. The fraction of sp³-hybridized carbons (Fsp3) is 0.143. The van der Waals surface area contributed by atoms with E-state index in [2.05, 4.69) is 0 Å². The Hall–Kier alpha value is -1.16. The zero-order valence-corrected chi connectivity index (χ0v) is 9.52. The smallest absolute Gasteiger partial charge is 0.281 e. The van der Waals surface area contributed by atoms with Gasteiger partial charge in [-0.1, -0.05) is 18.2 Å². The van der Waals surface area contributed by atoms with Gasteiger partial charge in [0.2, 0.25) is 5.08 Å². The quantitative estimate of drug-likeness (QED) is 0.650. The topological polar surface area (TPSA) is 129 Å². The number of benzene rings is 1. The molecule has 92 valence electrons. The fourth-order valence-corrected chi connectivity index (χ4v) is 2.12. The van der Waals surface area contributed by atoms with Crippen LogP contribution in [0.4, 0.5) is 0 Å². The van der Waals surface area contributed by atoms with E-state index in [1.165, 1.54) is 0 Å². The van der Waals surface area contributed by atoms with Crippen LogP contribution in [-0.2, 0) is 20.2 Å². The molecule has 3 N–H and O–H groups in total. The molecular formula is C7H10O7S2. The van der Waals surface area contributed by atoms with Gasteiger partial charge in [-0.3, -0.25) is 9.11 Å². The maximum Gasteiger partial charge on any atom is 0.281 e. The van der Waals surface area contributed by atoms with E-state index in [1.807, 2.05) is 6.07 Å². The molecule has 0 heterocycles. The van der Waals surface area contributed by atoms with Crippen LogP contribution in [0.25, 0.3) is 0 Å². The molecule has 0 radical (unpaired) electrons. The van der Waals surface area contributed by atoms with Crippen LogP contribution in [0.1, 0.15) is 0 Å². The second kappa shape index (κ2) is 5.80. The molecule has 0 aliphatic rings. The highest BCUT2D eigenvalue weighted by Gasteiger charge is 2.15. The predicted molar refractivity (Wildman–Crippen MR) is 56.1 cm³/mol. The Morgan fingerprint density at radius 3 is 1.38 bits per heavy atom. The molecular weight excluding hydrogens is 260 g/mol. The van der Waals surface area contributed by atoms with Crippen LogP contribution in [0.3, 0.4) is 0 Å². The van der Waals surface area contributed by atoms with Gasteiger partial charge in [0.1, 0.15) is 5.75 Å². The second-order valence-corrected chi connectivity index (χ2v) is 5.89. The van der Waals surface area contributed by atoms with Crippen molar-refractivity contribution in [2.45, 2.75) is 0 Å². The van der Waals surface area contributed by atoms with Crippen molar-refractivity contribution >= 4 is 20.2 Å². The SMILES string of the molecule is O=S(=O)(O)CS(=O)(=O)O.Oc1ccccc1. The summed E-state index contributed by atoms with van der Waals surface area (Å²) >= 11 is 0. The van der Waals surface area contributed by atoms with Gasteiger partial charge in [-0.25, -0.2) is 0 Å². The minimum absolute atomic E-state index is 0.322. The summed E-state index contributed by atoms with van der Waals surface area (Å²) in [7, 11) is -9.24. The fourth-order valence-electron chi connectivity index (χ4n) is 0.616. The van der Waals surface area contributed by atoms with E-state index in [9.17, 15) is 16.8 Å². The third-order valence-electron chi connectivity index (χ3n) is 1.05. The van der Waals surface area contributed by atoms with Crippen molar-refractivity contribution in [2.75, 3.05) is 5.08 Å². The first-order chi connectivity index (χ1) is 7.10. The lowest BCUT2D eigenvalue weighted by Crippen LogP contribution is -2.13. The van der Waals surface area contributed by atoms with Gasteiger partial charge >= 0.3 is 0 Å². The molecule has 0 amide bonds. The standard InChI is InChI=1S/C6H6O.CH4O6S2/c7-6-4-2-1-3-5-6;2-8(3,4)1-9(5,6)7/h1-5,7H;1H2,(H,2,3,4)(H,5,6,7). The summed E-state index contributed by atoms with van der Waals surface area (Å²) in [6.45, 7) is 0. The van der Waals surface area contributed by atoms with Crippen LogP contribution in [0.2, 0.25) is 0 Å². The molecule has 1 aromatic carbocycles. The Balaban J connectivity index is 0.000000288. The molecule has 0 bridgehead atoms. The zero-order valence-electron chi connectivity index (χ0n) is 7.88. The largest absolute Gasteiger partial charge is 0.508 e. The molecule has 0 saturated heterocycles. The van der Waals surface area contributed by atoms with E-state index < -0.39 is 25.3 Å². The highest BCUT2D eigenvalue weighted by molar-refractivity contribution is 8.02. The first-order valence-corrected chi connectivity index (χ1v) is 6.96. The third kappa shape index (κ3) is 10.9. The van der Waals surface area contributed by atoms with Crippen LogP contribution in [0.15, 0.2) is 30.3 Å². The van der Waals surface area contributed by atoms with Crippen LogP contribution in [0.5, 0.6) is 5.75 Å². The van der Waals surface area contributed by atoms with Crippen molar-refractivity contribution in [3.63, 3.8) is 0 Å². The van der Waals surface area contributed by atoms with Crippen molar-refractivity contribution in [2.24, 2.45) is 0 Å². The van der Waals surface area contributed by atoms with Gasteiger partial charge in [0.05, 0.1) is 0 Å². The first kappa shape index (κ1) is 14.8. The average molecular weight is 270 g/mol. The van der Waals surface area contributed by atoms with Gasteiger partial charge in [0, 0.05) is 0 Å². The summed E-state index contributed by atoms with van der Waals surface area (Å²) in [4.78, 5) is 0. The summed E-state index contributed by atoms with van der Waals surface area (Å²) in [6.07, 6.45) is 0. The highest BCUT2D eigenvalue weighted by Crippen LogP contribution is 2.02. The van der Waals surface area contributed by atoms with Gasteiger partial charge < -0.3 is 5.11 Å². The molecule has 0 fully saturated rings. The van der Waals surface area contributed by atoms with Gasteiger partial charge in [-0.15, -0.1) is 0 Å². The third-order valence-corrected chi connectivity index (χ3v) is 3.44. The van der Waals surface area contributed by atoms with Gasteiger partial charge in [-0.2, -0.15) is 16.8 Å². The molecule has 7 nitrogen and oxygen atoms in total. The van der Waals surface area contributed by atoms with Crippen molar-refractivity contribution in [3.05, 3.63) is 30.3 Å². The minimum Gasteiger partial charge on any atom is -0.508 e. The first-order valence-electron chi connectivity index (χ1n) is 3.74. The Morgan fingerprint density at radius 2 is 1.25 bits per heavy atom. The molecule has 1 rings (SSSR count). The molecule has 1 aromatic rings. The molecule has 0 unspecified atom stereocenters. The van der Waals surface area contributed by atoms with E-state index in [-0.39, 0.29) is 0 Å². The van der Waals surface area contributed by atoms with Crippen molar-refractivity contribution in [1.82, 2.24) is 0 Å². The molecule has 0 atom stereocenters. The highest BCUT2D eigenvalue weighted by atomic mass is 32.3. The van der Waals surface area contributed by atoms with Crippen molar-refractivity contribution < 1.29 is 31.0 Å². The lowest BCUT2D eigenvalue weighted by atomic mass is 10.3. The summed E-state index contributed by atoms with van der Waals surface area (Å²) in [6, 6.07) is 8.71. The van der Waals surface area contributed by atoms with Crippen molar-refractivity contribution in [1.29, 1.82) is 0 Å². The number of phenolic OH excluding ortho intramolecular Hbond substituents is 1. The lowest BCUT2D eigenvalue weighted by molar-refractivity contribution is 0.471. The second-order valence-electron chi connectivity index (χ2n) is 2.62. The number of para-hydroxylation sites is 1. The van der Waals surface area contributed by atoms with Crippen molar-refractivity contribution in [3.8, 4) is 5.75 Å².